The van der Waals surface area contributed by atoms with E-state index in [1.165, 1.54) is 0 Å². The number of aliphatic imine (C=N–C) groups is 1. The monoisotopic (exact) mass is 370 g/mol. The molecule has 152 valence electrons. The highest BCUT2D eigenvalue weighted by molar-refractivity contribution is 5.79. The number of ether oxygens (including phenoxy) is 1. The van der Waals surface area contributed by atoms with Gasteiger partial charge in [0.15, 0.2) is 5.96 Å². The average Bonchev–Trinajstić information content (AvgIpc) is 2.60. The Balaban J connectivity index is 1.84. The van der Waals surface area contributed by atoms with Crippen molar-refractivity contribution in [2.45, 2.75) is 25.5 Å². The maximum absolute atomic E-state index is 10.7. The van der Waals surface area contributed by atoms with E-state index in [2.05, 4.69) is 51.3 Å². The summed E-state index contributed by atoms with van der Waals surface area (Å²) in [6, 6.07) is 0.464. The Morgan fingerprint density at radius 1 is 1.19 bits per heavy atom. The van der Waals surface area contributed by atoms with Crippen molar-refractivity contribution in [2.24, 2.45) is 4.99 Å². The van der Waals surface area contributed by atoms with Crippen LogP contribution in [0, 0.1) is 0 Å². The lowest BCUT2D eigenvalue weighted by Crippen LogP contribution is -2.55. The summed E-state index contributed by atoms with van der Waals surface area (Å²) in [5.74, 6) is 0.774. The first-order valence-electron chi connectivity index (χ1n) is 9.83. The maximum atomic E-state index is 10.7. The van der Waals surface area contributed by atoms with E-state index in [1.54, 1.807) is 0 Å². The molecule has 2 aliphatic rings. The Hall–Kier alpha value is -0.930. The SMILES string of the molecule is CCNC(=NCC(C)(O)CN1CCOCC1)NCC1CN(C)CCN1C. The van der Waals surface area contributed by atoms with E-state index in [4.69, 9.17) is 4.74 Å². The second kappa shape index (κ2) is 10.4. The third kappa shape index (κ3) is 7.36. The number of aliphatic hydroxyl groups is 1. The molecule has 3 N–H and O–H groups in total. The number of piperazine rings is 1. The van der Waals surface area contributed by atoms with E-state index in [-0.39, 0.29) is 0 Å². The molecule has 8 heteroatoms. The zero-order valence-electron chi connectivity index (χ0n) is 17.0. The molecule has 0 spiro atoms. The van der Waals surface area contributed by atoms with E-state index in [1.807, 2.05) is 6.92 Å². The molecule has 2 unspecified atom stereocenters. The van der Waals surface area contributed by atoms with Gasteiger partial charge in [-0.15, -0.1) is 0 Å². The molecule has 0 saturated carbocycles. The number of hydrogen-bond donors (Lipinski definition) is 3. The third-order valence-corrected chi connectivity index (χ3v) is 5.08. The van der Waals surface area contributed by atoms with Gasteiger partial charge < -0.3 is 25.4 Å². The second-order valence-corrected chi connectivity index (χ2v) is 7.86. The summed E-state index contributed by atoms with van der Waals surface area (Å²) in [5.41, 5.74) is -0.846. The highest BCUT2D eigenvalue weighted by Gasteiger charge is 2.26. The van der Waals surface area contributed by atoms with E-state index in [0.717, 1.165) is 65.0 Å². The van der Waals surface area contributed by atoms with Crippen LogP contribution in [0.3, 0.4) is 0 Å². The fourth-order valence-electron chi connectivity index (χ4n) is 3.42. The summed E-state index contributed by atoms with van der Waals surface area (Å²) in [6.45, 7) is 13.1. The fourth-order valence-corrected chi connectivity index (χ4v) is 3.42. The highest BCUT2D eigenvalue weighted by Crippen LogP contribution is 2.09. The van der Waals surface area contributed by atoms with Crippen molar-refractivity contribution in [3.8, 4) is 0 Å². The summed E-state index contributed by atoms with van der Waals surface area (Å²) in [4.78, 5) is 11.6. The number of hydrogen-bond acceptors (Lipinski definition) is 6. The van der Waals surface area contributed by atoms with Crippen LogP contribution in [0.2, 0.25) is 0 Å². The number of nitrogens with one attached hydrogen (secondary N) is 2. The lowest BCUT2D eigenvalue weighted by Gasteiger charge is -2.38. The predicted octanol–water partition coefficient (Wildman–Crippen LogP) is -1.13. The van der Waals surface area contributed by atoms with Gasteiger partial charge in [-0.2, -0.15) is 0 Å². The lowest BCUT2D eigenvalue weighted by molar-refractivity contribution is -0.0180. The molecular weight excluding hydrogens is 332 g/mol. The van der Waals surface area contributed by atoms with E-state index < -0.39 is 5.60 Å². The number of likely N-dealkylation sites (N-methyl/N-ethyl adjacent to an activating group) is 2. The van der Waals surface area contributed by atoms with E-state index >= 15 is 0 Å². The van der Waals surface area contributed by atoms with Crippen LogP contribution in [-0.4, -0.2) is 124 Å². The van der Waals surface area contributed by atoms with Crippen molar-refractivity contribution in [3.63, 3.8) is 0 Å². The highest BCUT2D eigenvalue weighted by atomic mass is 16.5. The number of β-amino-alcohol motifs (C(OH)–C–C–N with tert-alkyl or cyclic N) is 1. The number of nitrogens with zero attached hydrogens (tertiary/aromatic N) is 4. The minimum atomic E-state index is -0.846. The van der Waals surface area contributed by atoms with Crippen LogP contribution in [0.4, 0.5) is 0 Å². The maximum Gasteiger partial charge on any atom is 0.191 e. The molecule has 0 aromatic rings. The smallest absolute Gasteiger partial charge is 0.191 e. The van der Waals surface area contributed by atoms with Crippen LogP contribution < -0.4 is 10.6 Å². The van der Waals surface area contributed by atoms with Crippen molar-refractivity contribution in [2.75, 3.05) is 86.2 Å². The molecule has 2 saturated heterocycles. The molecule has 2 rings (SSSR count). The topological polar surface area (TPSA) is 75.6 Å². The van der Waals surface area contributed by atoms with Gasteiger partial charge in [-0.25, -0.2) is 0 Å². The van der Waals surface area contributed by atoms with E-state index in [0.29, 0.717) is 19.1 Å². The van der Waals surface area contributed by atoms with Crippen molar-refractivity contribution < 1.29 is 9.84 Å². The Morgan fingerprint density at radius 3 is 2.62 bits per heavy atom. The van der Waals surface area contributed by atoms with E-state index in [9.17, 15) is 5.11 Å². The van der Waals surface area contributed by atoms with Gasteiger partial charge >= 0.3 is 0 Å². The summed E-state index contributed by atoms with van der Waals surface area (Å²) < 4.78 is 5.37. The van der Waals surface area contributed by atoms with Gasteiger partial charge in [-0.3, -0.25) is 14.8 Å². The average molecular weight is 371 g/mol. The molecule has 0 aromatic heterocycles. The van der Waals surface area contributed by atoms with Gasteiger partial charge in [0.1, 0.15) is 0 Å². The molecule has 2 fully saturated rings. The first kappa shape index (κ1) is 21.4. The quantitative estimate of drug-likeness (QED) is 0.387. The van der Waals surface area contributed by atoms with Gasteiger partial charge in [-0.1, -0.05) is 0 Å². The molecule has 0 amide bonds. The standard InChI is InChI=1S/C18H38N6O2/c1-5-19-17(20-12-16-13-22(3)6-7-23(16)4)21-14-18(2,25)15-24-8-10-26-11-9-24/h16,25H,5-15H2,1-4H3,(H2,19,20,21). The zero-order chi connectivity index (χ0) is 19.0. The van der Waals surface area contributed by atoms with Gasteiger partial charge in [-0.05, 0) is 27.9 Å². The molecule has 0 aromatic carbocycles. The van der Waals surface area contributed by atoms with Crippen LogP contribution in [0.5, 0.6) is 0 Å². The summed E-state index contributed by atoms with van der Waals surface area (Å²) in [7, 11) is 4.35. The second-order valence-electron chi connectivity index (χ2n) is 7.86. The molecule has 2 aliphatic heterocycles. The minimum Gasteiger partial charge on any atom is -0.387 e. The molecule has 0 bridgehead atoms. The Kier molecular flexibility index (Phi) is 8.56. The van der Waals surface area contributed by atoms with Gasteiger partial charge in [0, 0.05) is 58.4 Å². The largest absolute Gasteiger partial charge is 0.387 e. The summed E-state index contributed by atoms with van der Waals surface area (Å²) >= 11 is 0. The first-order valence-corrected chi connectivity index (χ1v) is 9.83. The first-order chi connectivity index (χ1) is 12.4. The van der Waals surface area contributed by atoms with Crippen LogP contribution in [0.15, 0.2) is 4.99 Å². The van der Waals surface area contributed by atoms with Crippen molar-refractivity contribution in [1.82, 2.24) is 25.3 Å². The van der Waals surface area contributed by atoms with Crippen molar-refractivity contribution in [3.05, 3.63) is 0 Å². The predicted molar refractivity (Wildman–Crippen MR) is 106 cm³/mol. The van der Waals surface area contributed by atoms with Crippen LogP contribution in [-0.2, 0) is 4.74 Å². The molecule has 26 heavy (non-hydrogen) atoms. The van der Waals surface area contributed by atoms with Crippen LogP contribution >= 0.6 is 0 Å². The van der Waals surface area contributed by atoms with Crippen molar-refractivity contribution >= 4 is 5.96 Å². The number of guanidine groups is 1. The molecule has 0 aliphatic carbocycles. The summed E-state index contributed by atoms with van der Waals surface area (Å²) in [6.07, 6.45) is 0. The van der Waals surface area contributed by atoms with Crippen LogP contribution in [0.25, 0.3) is 0 Å². The zero-order valence-corrected chi connectivity index (χ0v) is 17.0. The normalized spacial score (nSPS) is 26.5. The molecule has 2 heterocycles. The molecule has 0 radical (unpaired) electrons. The Morgan fingerprint density at radius 2 is 1.92 bits per heavy atom. The number of rotatable bonds is 7. The molecular formula is C18H38N6O2. The fraction of sp³-hybridized carbons (Fsp3) is 0.944. The third-order valence-electron chi connectivity index (χ3n) is 5.08. The van der Waals surface area contributed by atoms with Gasteiger partial charge in [0.2, 0.25) is 0 Å². The van der Waals surface area contributed by atoms with Crippen LogP contribution in [0.1, 0.15) is 13.8 Å². The number of morpholine rings is 1. The van der Waals surface area contributed by atoms with Crippen molar-refractivity contribution in [1.29, 1.82) is 0 Å². The molecule has 8 nitrogen and oxygen atoms in total. The van der Waals surface area contributed by atoms with Gasteiger partial charge in [0.25, 0.3) is 0 Å². The Labute approximate surface area is 158 Å². The van der Waals surface area contributed by atoms with Gasteiger partial charge in [0.05, 0.1) is 25.4 Å². The minimum absolute atomic E-state index is 0.375. The molecule has 2 atom stereocenters. The lowest BCUT2D eigenvalue weighted by atomic mass is 10.1. The summed E-state index contributed by atoms with van der Waals surface area (Å²) in [5, 5.41) is 17.4. The Bertz CT molecular complexity index is 439.